The Morgan fingerprint density at radius 1 is 1.39 bits per heavy atom. The van der Waals surface area contributed by atoms with E-state index in [1.807, 2.05) is 0 Å². The van der Waals surface area contributed by atoms with Crippen LogP contribution in [0.1, 0.15) is 0 Å². The topological polar surface area (TPSA) is 100 Å². The molecular weight excluding hydrogens is 320 g/mol. The second-order valence-corrected chi connectivity index (χ2v) is 5.18. The van der Waals surface area contributed by atoms with Crippen LogP contribution < -0.4 is 14.8 Å². The minimum Gasteiger partial charge on any atom is -0.493 e. The Balaban J connectivity index is 1.85. The van der Waals surface area contributed by atoms with Gasteiger partial charge in [0.25, 0.3) is 0 Å². The first-order valence-electron chi connectivity index (χ1n) is 7.02. The molecule has 0 atom stereocenters. The van der Waals surface area contributed by atoms with Gasteiger partial charge in [0.15, 0.2) is 17.2 Å². The van der Waals surface area contributed by atoms with E-state index in [0.717, 1.165) is 0 Å². The van der Waals surface area contributed by atoms with Gasteiger partial charge in [0.05, 0.1) is 12.1 Å². The van der Waals surface area contributed by atoms with E-state index >= 15 is 0 Å². The van der Waals surface area contributed by atoms with Crippen LogP contribution in [0.25, 0.3) is 10.9 Å². The van der Waals surface area contributed by atoms with E-state index in [9.17, 15) is 5.11 Å². The second kappa shape index (κ2) is 6.80. The molecule has 1 aromatic heterocycles. The smallest absolute Gasteiger partial charge is 0.218 e. The summed E-state index contributed by atoms with van der Waals surface area (Å²) in [5, 5.41) is 21.7. The third-order valence-corrected chi connectivity index (χ3v) is 3.46. The van der Waals surface area contributed by atoms with Crippen molar-refractivity contribution in [1.29, 1.82) is 0 Å². The van der Waals surface area contributed by atoms with Crippen molar-refractivity contribution in [3.63, 3.8) is 0 Å². The van der Waals surface area contributed by atoms with Crippen LogP contribution in [0.15, 0.2) is 22.4 Å². The molecule has 2 aromatic rings. The third-order valence-electron chi connectivity index (χ3n) is 3.24. The fraction of sp³-hybridized carbons (Fsp3) is 0.357. The van der Waals surface area contributed by atoms with Gasteiger partial charge in [-0.15, -0.1) is 10.2 Å². The number of H-pyrrole nitrogens is 1. The number of thiocarbonyl (C=S) groups is 1. The molecule has 3 rings (SSSR count). The van der Waals surface area contributed by atoms with Gasteiger partial charge in [-0.25, -0.2) is 0 Å². The van der Waals surface area contributed by atoms with Crippen molar-refractivity contribution in [2.75, 3.05) is 33.5 Å². The van der Waals surface area contributed by atoms with Crippen LogP contribution in [-0.4, -0.2) is 48.7 Å². The summed E-state index contributed by atoms with van der Waals surface area (Å²) in [7, 11) is 1.60. The lowest BCUT2D eigenvalue weighted by molar-refractivity contribution is 0.172. The summed E-state index contributed by atoms with van der Waals surface area (Å²) in [5.41, 5.74) is 0.979. The molecule has 1 aromatic carbocycles. The second-order valence-electron chi connectivity index (χ2n) is 4.79. The number of aromatic amines is 1. The van der Waals surface area contributed by atoms with Crippen molar-refractivity contribution < 1.29 is 19.3 Å². The monoisotopic (exact) mass is 336 g/mol. The normalized spacial score (nSPS) is 13.6. The molecule has 23 heavy (non-hydrogen) atoms. The van der Waals surface area contributed by atoms with Gasteiger partial charge in [-0.3, -0.25) is 0 Å². The molecule has 0 fully saturated rings. The maximum absolute atomic E-state index is 10.0. The zero-order valence-corrected chi connectivity index (χ0v) is 13.3. The van der Waals surface area contributed by atoms with Gasteiger partial charge in [-0.05, 0) is 18.3 Å². The Labute approximate surface area is 137 Å². The van der Waals surface area contributed by atoms with Crippen LogP contribution in [0.5, 0.6) is 17.4 Å². The van der Waals surface area contributed by atoms with Crippen molar-refractivity contribution in [2.45, 2.75) is 0 Å². The van der Waals surface area contributed by atoms with Gasteiger partial charge in [0.1, 0.15) is 13.2 Å². The maximum atomic E-state index is 10.0. The van der Waals surface area contributed by atoms with Crippen LogP contribution in [0.3, 0.4) is 0 Å². The molecule has 2 heterocycles. The van der Waals surface area contributed by atoms with Gasteiger partial charge in [0, 0.05) is 25.1 Å². The summed E-state index contributed by atoms with van der Waals surface area (Å²) in [4.78, 5) is 2.84. The Bertz CT molecular complexity index is 759. The molecule has 1 aliphatic heterocycles. The molecule has 8 nitrogen and oxygen atoms in total. The predicted molar refractivity (Wildman–Crippen MR) is 87.9 cm³/mol. The number of aromatic hydroxyl groups is 1. The standard InChI is InChI=1S/C14H16N4O4S/c1-20-3-2-15-14(23)18-17-12-8-6-10-11(22-5-4-21-10)7-9(8)16-13(12)19/h6-7,16,19H,2-5H2,1H3,(H,15,23). The van der Waals surface area contributed by atoms with Crippen LogP contribution >= 0.6 is 12.2 Å². The van der Waals surface area contributed by atoms with Crippen LogP contribution in [-0.2, 0) is 4.74 Å². The summed E-state index contributed by atoms with van der Waals surface area (Å²) >= 11 is 5.04. The molecule has 0 aliphatic carbocycles. The average molecular weight is 336 g/mol. The number of ether oxygens (including phenoxy) is 3. The summed E-state index contributed by atoms with van der Waals surface area (Å²) in [6.45, 7) is 2.03. The molecule has 0 saturated heterocycles. The number of fused-ring (bicyclic) bond motifs is 2. The molecule has 9 heteroatoms. The first-order valence-corrected chi connectivity index (χ1v) is 7.42. The minimum atomic E-state index is -0.0919. The molecule has 0 unspecified atom stereocenters. The number of nitrogens with zero attached hydrogens (tertiary/aromatic N) is 2. The molecule has 0 saturated carbocycles. The zero-order chi connectivity index (χ0) is 16.2. The predicted octanol–water partition coefficient (Wildman–Crippen LogP) is 2.25. The highest BCUT2D eigenvalue weighted by atomic mass is 32.1. The number of hydrogen-bond donors (Lipinski definition) is 3. The van der Waals surface area contributed by atoms with E-state index in [0.29, 0.717) is 54.5 Å². The van der Waals surface area contributed by atoms with Crippen LogP contribution in [0.4, 0.5) is 5.69 Å². The highest BCUT2D eigenvalue weighted by molar-refractivity contribution is 7.80. The molecule has 122 valence electrons. The Morgan fingerprint density at radius 3 is 2.87 bits per heavy atom. The van der Waals surface area contributed by atoms with E-state index in [2.05, 4.69) is 20.5 Å². The van der Waals surface area contributed by atoms with Crippen molar-refractivity contribution in [3.8, 4) is 17.4 Å². The molecule has 3 N–H and O–H groups in total. The van der Waals surface area contributed by atoms with Gasteiger partial charge >= 0.3 is 0 Å². The van der Waals surface area contributed by atoms with Crippen molar-refractivity contribution in [1.82, 2.24) is 10.3 Å². The molecule has 0 bridgehead atoms. The van der Waals surface area contributed by atoms with Crippen molar-refractivity contribution in [3.05, 3.63) is 12.1 Å². The fourth-order valence-corrected chi connectivity index (χ4v) is 2.34. The van der Waals surface area contributed by atoms with Gasteiger partial charge < -0.3 is 29.6 Å². The van der Waals surface area contributed by atoms with E-state index in [-0.39, 0.29) is 11.0 Å². The highest BCUT2D eigenvalue weighted by Gasteiger charge is 2.18. The summed E-state index contributed by atoms with van der Waals surface area (Å²) in [6, 6.07) is 3.52. The molecule has 0 radical (unpaired) electrons. The van der Waals surface area contributed by atoms with Gasteiger partial charge in [-0.1, -0.05) is 0 Å². The number of benzene rings is 1. The maximum Gasteiger partial charge on any atom is 0.218 e. The number of hydrogen-bond acceptors (Lipinski definition) is 6. The number of nitrogens with one attached hydrogen (secondary N) is 2. The SMILES string of the molecule is COCCNC(=S)N=Nc1c(O)[nH]c2cc3c(cc12)OCCO3. The van der Waals surface area contributed by atoms with E-state index in [1.165, 1.54) is 0 Å². The lowest BCUT2D eigenvalue weighted by Crippen LogP contribution is -2.23. The first-order chi connectivity index (χ1) is 11.2. The quantitative estimate of drug-likeness (QED) is 0.450. The Morgan fingerprint density at radius 2 is 2.13 bits per heavy atom. The van der Waals surface area contributed by atoms with Gasteiger partial charge in [-0.2, -0.15) is 0 Å². The number of aromatic nitrogens is 1. The van der Waals surface area contributed by atoms with Crippen LogP contribution in [0.2, 0.25) is 0 Å². The summed E-state index contributed by atoms with van der Waals surface area (Å²) in [6.07, 6.45) is 0. The third kappa shape index (κ3) is 3.35. The van der Waals surface area contributed by atoms with Gasteiger partial charge in [0.2, 0.25) is 11.0 Å². The largest absolute Gasteiger partial charge is 0.493 e. The molecule has 0 spiro atoms. The first kappa shape index (κ1) is 15.5. The molecule has 0 amide bonds. The van der Waals surface area contributed by atoms with Crippen molar-refractivity contribution >= 4 is 33.9 Å². The van der Waals surface area contributed by atoms with Crippen molar-refractivity contribution in [2.24, 2.45) is 10.2 Å². The lowest BCUT2D eigenvalue weighted by Gasteiger charge is -2.18. The summed E-state index contributed by atoms with van der Waals surface area (Å²) < 4.78 is 16.0. The Hall–Kier alpha value is -2.39. The average Bonchev–Trinajstić information content (AvgIpc) is 2.85. The van der Waals surface area contributed by atoms with Crippen LogP contribution in [0, 0.1) is 0 Å². The zero-order valence-electron chi connectivity index (χ0n) is 12.5. The number of rotatable bonds is 4. The number of methoxy groups -OCH3 is 1. The Kier molecular flexibility index (Phi) is 4.58. The lowest BCUT2D eigenvalue weighted by atomic mass is 10.2. The fourth-order valence-electron chi connectivity index (χ4n) is 2.19. The van der Waals surface area contributed by atoms with E-state index in [1.54, 1.807) is 19.2 Å². The van der Waals surface area contributed by atoms with E-state index < -0.39 is 0 Å². The molecule has 1 aliphatic rings. The molecular formula is C14H16N4O4S. The van der Waals surface area contributed by atoms with E-state index in [4.69, 9.17) is 26.4 Å². The number of azo groups is 1. The highest BCUT2D eigenvalue weighted by Crippen LogP contribution is 2.42. The summed E-state index contributed by atoms with van der Waals surface area (Å²) in [5.74, 6) is 1.15. The minimum absolute atomic E-state index is 0.0919.